The van der Waals surface area contributed by atoms with Crippen molar-refractivity contribution in [3.05, 3.63) is 0 Å². The van der Waals surface area contributed by atoms with Crippen LogP contribution in [-0.4, -0.2) is 27.8 Å². The summed E-state index contributed by atoms with van der Waals surface area (Å²) in [5.41, 5.74) is 6.71. The molecule has 2 N–H and O–H groups in total. The molecular weight excluding hydrogens is 272 g/mol. The fourth-order valence-corrected chi connectivity index (χ4v) is 4.41. The van der Waals surface area contributed by atoms with Crippen LogP contribution in [0, 0.1) is 0 Å². The summed E-state index contributed by atoms with van der Waals surface area (Å²) >= 11 is 0. The summed E-state index contributed by atoms with van der Waals surface area (Å²) in [6, 6.07) is 0. The SMILES string of the molecule is CCCCC1(N)CCC(C)(C)N(OC2CCCCC2)C1(C)C. The molecule has 1 aliphatic heterocycles. The molecule has 1 atom stereocenters. The lowest BCUT2D eigenvalue weighted by molar-refractivity contribution is -0.323. The maximum atomic E-state index is 6.92. The Balaban J connectivity index is 2.17. The van der Waals surface area contributed by atoms with Gasteiger partial charge in [0.25, 0.3) is 0 Å². The van der Waals surface area contributed by atoms with Gasteiger partial charge >= 0.3 is 0 Å². The predicted octanol–water partition coefficient (Wildman–Crippen LogP) is 4.79. The van der Waals surface area contributed by atoms with Crippen molar-refractivity contribution in [3.63, 3.8) is 0 Å². The van der Waals surface area contributed by atoms with Gasteiger partial charge in [0.2, 0.25) is 0 Å². The number of piperidine rings is 1. The van der Waals surface area contributed by atoms with E-state index in [0.29, 0.717) is 6.10 Å². The number of hydroxylamine groups is 2. The molecule has 0 aromatic rings. The number of unbranched alkanes of at least 4 members (excludes halogenated alkanes) is 1. The van der Waals surface area contributed by atoms with Crippen LogP contribution < -0.4 is 5.73 Å². The van der Waals surface area contributed by atoms with Crippen LogP contribution in [-0.2, 0) is 4.84 Å². The number of nitrogens with zero attached hydrogens (tertiary/aromatic N) is 1. The molecule has 0 aromatic carbocycles. The summed E-state index contributed by atoms with van der Waals surface area (Å²) in [6.07, 6.45) is 12.5. The first-order chi connectivity index (χ1) is 10.2. The second-order valence-corrected chi connectivity index (χ2v) is 8.79. The van der Waals surface area contributed by atoms with E-state index in [9.17, 15) is 0 Å². The zero-order chi connectivity index (χ0) is 16.4. The Hall–Kier alpha value is -0.120. The molecule has 1 saturated carbocycles. The van der Waals surface area contributed by atoms with Crippen molar-refractivity contribution in [2.24, 2.45) is 5.73 Å². The van der Waals surface area contributed by atoms with Gasteiger partial charge in [-0.3, -0.25) is 4.84 Å². The van der Waals surface area contributed by atoms with E-state index < -0.39 is 0 Å². The molecule has 130 valence electrons. The van der Waals surface area contributed by atoms with E-state index in [2.05, 4.69) is 39.7 Å². The summed E-state index contributed by atoms with van der Waals surface area (Å²) in [6.45, 7) is 11.5. The first-order valence-corrected chi connectivity index (χ1v) is 9.49. The van der Waals surface area contributed by atoms with Crippen LogP contribution in [0.1, 0.15) is 98.8 Å². The van der Waals surface area contributed by atoms with Crippen LogP contribution in [0.5, 0.6) is 0 Å². The molecule has 0 aromatic heterocycles. The molecule has 2 aliphatic rings. The Labute approximate surface area is 137 Å². The van der Waals surface area contributed by atoms with Crippen molar-refractivity contribution in [3.8, 4) is 0 Å². The standard InChI is InChI=1S/C19H38N2O/c1-6-7-13-19(20)15-14-17(2,3)21(18(19,4)5)22-16-11-9-8-10-12-16/h16H,6-15,20H2,1-5H3. The van der Waals surface area contributed by atoms with Gasteiger partial charge in [-0.15, -0.1) is 0 Å². The molecule has 1 aliphatic carbocycles. The first kappa shape index (κ1) is 18.2. The Morgan fingerprint density at radius 3 is 2.27 bits per heavy atom. The number of hydrogen-bond acceptors (Lipinski definition) is 3. The molecule has 1 heterocycles. The van der Waals surface area contributed by atoms with Crippen LogP contribution >= 0.6 is 0 Å². The highest BCUT2D eigenvalue weighted by Gasteiger charge is 2.55. The minimum atomic E-state index is -0.146. The third-order valence-electron chi connectivity index (χ3n) is 6.24. The Bertz CT molecular complexity index is 360. The topological polar surface area (TPSA) is 38.5 Å². The number of hydrogen-bond donors (Lipinski definition) is 1. The van der Waals surface area contributed by atoms with Gasteiger partial charge in [0.15, 0.2) is 0 Å². The van der Waals surface area contributed by atoms with Gasteiger partial charge < -0.3 is 5.73 Å². The van der Waals surface area contributed by atoms with Crippen molar-refractivity contribution in [2.75, 3.05) is 0 Å². The summed E-state index contributed by atoms with van der Waals surface area (Å²) in [5.74, 6) is 0. The van der Waals surface area contributed by atoms with E-state index in [1.807, 2.05) is 0 Å². The quantitative estimate of drug-likeness (QED) is 0.793. The second kappa shape index (κ2) is 6.78. The van der Waals surface area contributed by atoms with E-state index in [-0.39, 0.29) is 16.6 Å². The van der Waals surface area contributed by atoms with Crippen molar-refractivity contribution in [2.45, 2.75) is 122 Å². The van der Waals surface area contributed by atoms with Crippen LogP contribution in [0.3, 0.4) is 0 Å². The van der Waals surface area contributed by atoms with Crippen LogP contribution in [0.4, 0.5) is 0 Å². The predicted molar refractivity (Wildman–Crippen MR) is 93.6 cm³/mol. The lowest BCUT2D eigenvalue weighted by Gasteiger charge is -2.60. The average molecular weight is 311 g/mol. The highest BCUT2D eigenvalue weighted by Crippen LogP contribution is 2.46. The van der Waals surface area contributed by atoms with Crippen LogP contribution in [0.15, 0.2) is 0 Å². The Kier molecular flexibility index (Phi) is 5.62. The summed E-state index contributed by atoms with van der Waals surface area (Å²) < 4.78 is 0. The third kappa shape index (κ3) is 3.52. The molecule has 0 radical (unpaired) electrons. The second-order valence-electron chi connectivity index (χ2n) is 8.79. The Morgan fingerprint density at radius 2 is 1.68 bits per heavy atom. The smallest absolute Gasteiger partial charge is 0.0793 e. The largest absolute Gasteiger partial charge is 0.323 e. The molecule has 0 amide bonds. The molecule has 2 rings (SSSR count). The van der Waals surface area contributed by atoms with Gasteiger partial charge in [-0.2, -0.15) is 5.06 Å². The van der Waals surface area contributed by atoms with E-state index >= 15 is 0 Å². The molecule has 1 saturated heterocycles. The molecule has 3 nitrogen and oxygen atoms in total. The van der Waals surface area contributed by atoms with E-state index in [0.717, 1.165) is 19.3 Å². The lowest BCUT2D eigenvalue weighted by Crippen LogP contribution is -2.73. The minimum absolute atomic E-state index is 0.0655. The summed E-state index contributed by atoms with van der Waals surface area (Å²) in [4.78, 5) is 6.59. The van der Waals surface area contributed by atoms with Gasteiger partial charge in [0, 0.05) is 11.1 Å². The monoisotopic (exact) mass is 310 g/mol. The zero-order valence-corrected chi connectivity index (χ0v) is 15.6. The summed E-state index contributed by atoms with van der Waals surface area (Å²) in [5, 5.41) is 2.30. The highest BCUT2D eigenvalue weighted by atomic mass is 16.7. The van der Waals surface area contributed by atoms with Gasteiger partial charge in [0.1, 0.15) is 0 Å². The van der Waals surface area contributed by atoms with Crippen LogP contribution in [0.2, 0.25) is 0 Å². The zero-order valence-electron chi connectivity index (χ0n) is 15.6. The fraction of sp³-hybridized carbons (Fsp3) is 1.00. The molecule has 0 bridgehead atoms. The fourth-order valence-electron chi connectivity index (χ4n) is 4.41. The molecule has 0 spiro atoms. The van der Waals surface area contributed by atoms with Crippen molar-refractivity contribution < 1.29 is 4.84 Å². The van der Waals surface area contributed by atoms with Crippen molar-refractivity contribution in [1.29, 1.82) is 0 Å². The highest BCUT2D eigenvalue weighted by molar-refractivity contribution is 5.10. The summed E-state index contributed by atoms with van der Waals surface area (Å²) in [7, 11) is 0. The third-order valence-corrected chi connectivity index (χ3v) is 6.24. The molecular formula is C19H38N2O. The molecule has 3 heteroatoms. The lowest BCUT2D eigenvalue weighted by atomic mass is 9.66. The van der Waals surface area contributed by atoms with Gasteiger partial charge in [-0.1, -0.05) is 39.0 Å². The van der Waals surface area contributed by atoms with Gasteiger partial charge in [0.05, 0.1) is 11.6 Å². The average Bonchev–Trinajstić information content (AvgIpc) is 2.48. The normalized spacial score (nSPS) is 33.0. The number of rotatable bonds is 5. The van der Waals surface area contributed by atoms with Crippen molar-refractivity contribution in [1.82, 2.24) is 5.06 Å². The van der Waals surface area contributed by atoms with E-state index in [1.165, 1.54) is 44.9 Å². The van der Waals surface area contributed by atoms with Crippen molar-refractivity contribution >= 4 is 0 Å². The molecule has 22 heavy (non-hydrogen) atoms. The maximum Gasteiger partial charge on any atom is 0.0793 e. The maximum absolute atomic E-state index is 6.92. The van der Waals surface area contributed by atoms with Gasteiger partial charge in [-0.25, -0.2) is 0 Å². The van der Waals surface area contributed by atoms with E-state index in [4.69, 9.17) is 10.6 Å². The van der Waals surface area contributed by atoms with Gasteiger partial charge in [-0.05, 0) is 59.8 Å². The number of nitrogens with two attached hydrogens (primary N) is 1. The molecule has 1 unspecified atom stereocenters. The van der Waals surface area contributed by atoms with E-state index in [1.54, 1.807) is 0 Å². The van der Waals surface area contributed by atoms with Crippen LogP contribution in [0.25, 0.3) is 0 Å². The molecule has 2 fully saturated rings. The minimum Gasteiger partial charge on any atom is -0.323 e. The Morgan fingerprint density at radius 1 is 1.05 bits per heavy atom. The first-order valence-electron chi connectivity index (χ1n) is 9.49.